The van der Waals surface area contributed by atoms with E-state index < -0.39 is 22.8 Å². The van der Waals surface area contributed by atoms with E-state index in [-0.39, 0.29) is 71.7 Å². The van der Waals surface area contributed by atoms with Crippen LogP contribution < -0.4 is 26.9 Å². The zero-order chi connectivity index (χ0) is 26.5. The normalized spacial score (nSPS) is 16.1. The summed E-state index contributed by atoms with van der Waals surface area (Å²) in [7, 11) is 0. The minimum Gasteiger partial charge on any atom is -0.477 e. The SMILES string of the molecule is NC1CCN(c2c(F)cc3c(=O)c(C(=O)O)cn4c5cc6c(=O)c7ccccc7c(=O)c6cc5oc2c34)C1. The zero-order valence-corrected chi connectivity index (χ0v) is 19.7. The molecule has 1 unspecified atom stereocenters. The molecule has 4 aromatic carbocycles. The number of rotatable bonds is 2. The Kier molecular flexibility index (Phi) is 4.47. The molecule has 2 aromatic heterocycles. The second-order valence-corrected chi connectivity index (χ2v) is 9.65. The lowest BCUT2D eigenvalue weighted by Crippen LogP contribution is -2.27. The van der Waals surface area contributed by atoms with Gasteiger partial charge in [-0.25, -0.2) is 9.18 Å². The monoisotopic (exact) mass is 511 g/mol. The number of benzene rings is 4. The third kappa shape index (κ3) is 2.88. The smallest absolute Gasteiger partial charge is 0.341 e. The van der Waals surface area contributed by atoms with Crippen molar-refractivity contribution in [3.8, 4) is 0 Å². The fraction of sp³-hybridized carbons (Fsp3) is 0.143. The van der Waals surface area contributed by atoms with Gasteiger partial charge in [0.25, 0.3) is 0 Å². The van der Waals surface area contributed by atoms with Crippen LogP contribution in [0.25, 0.3) is 49.1 Å². The Morgan fingerprint density at radius 1 is 0.974 bits per heavy atom. The maximum absolute atomic E-state index is 15.6. The Balaban J connectivity index is 1.73. The number of carboxylic acids is 1. The van der Waals surface area contributed by atoms with Gasteiger partial charge in [-0.2, -0.15) is 0 Å². The summed E-state index contributed by atoms with van der Waals surface area (Å²) in [5.74, 6) is -2.24. The van der Waals surface area contributed by atoms with E-state index in [2.05, 4.69) is 0 Å². The van der Waals surface area contributed by atoms with Crippen LogP contribution in [0.3, 0.4) is 0 Å². The Morgan fingerprint density at radius 3 is 2.29 bits per heavy atom. The van der Waals surface area contributed by atoms with Crippen molar-refractivity contribution in [3.63, 3.8) is 0 Å². The molecule has 0 spiro atoms. The van der Waals surface area contributed by atoms with Crippen LogP contribution >= 0.6 is 0 Å². The number of fused-ring (bicyclic) bond motifs is 4. The number of aromatic nitrogens is 1. The molecule has 188 valence electrons. The number of aromatic carboxylic acids is 1. The van der Waals surface area contributed by atoms with Gasteiger partial charge in [0.05, 0.1) is 10.9 Å². The van der Waals surface area contributed by atoms with Gasteiger partial charge < -0.3 is 24.6 Å². The molecular formula is C28H18FN3O6. The highest BCUT2D eigenvalue weighted by Crippen LogP contribution is 2.37. The number of halogens is 1. The third-order valence-electron chi connectivity index (χ3n) is 7.42. The minimum absolute atomic E-state index is 0.0190. The first kappa shape index (κ1) is 22.4. The standard InChI is InChI=1S/C28H18FN3O6/c29-19-7-17-22-27(23(19)31-6-5-12(30)10-31)38-21-9-16-15(24(33)13-3-1-2-4-14(13)25(16)34)8-20(21)32(22)11-18(26(17)35)28(36)37/h1-4,7-9,11-12H,5-6,10,30H2,(H,36,37). The van der Waals surface area contributed by atoms with E-state index in [9.17, 15) is 24.3 Å². The van der Waals surface area contributed by atoms with Gasteiger partial charge in [0, 0.05) is 46.9 Å². The van der Waals surface area contributed by atoms with Crippen molar-refractivity contribution in [3.05, 3.63) is 90.7 Å². The topological polar surface area (TPSA) is 135 Å². The van der Waals surface area contributed by atoms with Crippen LogP contribution in [0.4, 0.5) is 10.1 Å². The lowest BCUT2D eigenvalue weighted by atomic mass is 10.0. The number of carboxylic acid groups (broad SMARTS) is 1. The van der Waals surface area contributed by atoms with Crippen LogP contribution in [-0.4, -0.2) is 34.6 Å². The first-order chi connectivity index (χ1) is 18.2. The van der Waals surface area contributed by atoms with E-state index in [0.29, 0.717) is 19.5 Å². The van der Waals surface area contributed by atoms with E-state index in [1.807, 2.05) is 0 Å². The molecule has 1 aliphatic heterocycles. The quantitative estimate of drug-likeness (QED) is 0.268. The van der Waals surface area contributed by atoms with Gasteiger partial charge in [-0.15, -0.1) is 0 Å². The van der Waals surface area contributed by atoms with E-state index in [0.717, 1.165) is 12.3 Å². The average Bonchev–Trinajstić information content (AvgIpc) is 3.33. The highest BCUT2D eigenvalue weighted by Gasteiger charge is 2.29. The summed E-state index contributed by atoms with van der Waals surface area (Å²) in [6.07, 6.45) is 1.77. The third-order valence-corrected chi connectivity index (χ3v) is 7.42. The van der Waals surface area contributed by atoms with Gasteiger partial charge >= 0.3 is 5.97 Å². The predicted molar refractivity (Wildman–Crippen MR) is 141 cm³/mol. The van der Waals surface area contributed by atoms with Gasteiger partial charge in [-0.05, 0) is 24.6 Å². The Hall–Kier alpha value is -4.83. The molecule has 0 amide bonds. The maximum Gasteiger partial charge on any atom is 0.341 e. The van der Waals surface area contributed by atoms with Gasteiger partial charge in [0.2, 0.25) is 5.43 Å². The van der Waals surface area contributed by atoms with Crippen LogP contribution in [0.2, 0.25) is 0 Å². The van der Waals surface area contributed by atoms with Gasteiger partial charge in [-0.3, -0.25) is 14.4 Å². The first-order valence-electron chi connectivity index (χ1n) is 11.9. The van der Waals surface area contributed by atoms with Crippen LogP contribution in [0.5, 0.6) is 0 Å². The molecule has 3 heterocycles. The van der Waals surface area contributed by atoms with Crippen LogP contribution in [-0.2, 0) is 0 Å². The largest absolute Gasteiger partial charge is 0.477 e. The summed E-state index contributed by atoms with van der Waals surface area (Å²) in [6, 6.07) is 10.2. The lowest BCUT2D eigenvalue weighted by molar-refractivity contribution is 0.0695. The van der Waals surface area contributed by atoms with E-state index in [1.165, 1.54) is 16.5 Å². The Morgan fingerprint density at radius 2 is 1.66 bits per heavy atom. The summed E-state index contributed by atoms with van der Waals surface area (Å²) in [6.45, 7) is 0.815. The maximum atomic E-state index is 15.6. The molecule has 7 rings (SSSR count). The van der Waals surface area contributed by atoms with Gasteiger partial charge in [0.1, 0.15) is 16.8 Å². The molecule has 9 nitrogen and oxygen atoms in total. The summed E-state index contributed by atoms with van der Waals surface area (Å²) >= 11 is 0. The van der Waals surface area contributed by atoms with Crippen LogP contribution in [0.15, 0.2) is 67.5 Å². The molecule has 1 saturated heterocycles. The van der Waals surface area contributed by atoms with Crippen molar-refractivity contribution in [1.82, 2.24) is 4.40 Å². The number of nitrogens with zero attached hydrogens (tertiary/aromatic N) is 2. The molecule has 1 aliphatic rings. The summed E-state index contributed by atoms with van der Waals surface area (Å²) in [4.78, 5) is 53.4. The first-order valence-corrected chi connectivity index (χ1v) is 11.9. The minimum atomic E-state index is -1.48. The molecule has 0 saturated carbocycles. The van der Waals surface area contributed by atoms with Crippen LogP contribution in [0, 0.1) is 5.82 Å². The number of carbonyl (C=O) groups is 1. The molecule has 6 aromatic rings. The number of hydrogen-bond acceptors (Lipinski definition) is 7. The van der Waals surface area contributed by atoms with Gasteiger partial charge in [0.15, 0.2) is 27.8 Å². The molecule has 1 atom stereocenters. The Bertz CT molecular complexity index is 2200. The lowest BCUT2D eigenvalue weighted by Gasteiger charge is -2.22. The van der Waals surface area contributed by atoms with Crippen molar-refractivity contribution >= 4 is 60.8 Å². The highest BCUT2D eigenvalue weighted by atomic mass is 19.1. The van der Waals surface area contributed by atoms with Gasteiger partial charge in [-0.1, -0.05) is 24.3 Å². The summed E-state index contributed by atoms with van der Waals surface area (Å²) in [5.41, 5.74) is 4.54. The van der Waals surface area contributed by atoms with E-state index in [1.54, 1.807) is 29.2 Å². The highest BCUT2D eigenvalue weighted by molar-refractivity contribution is 6.08. The molecule has 3 N–H and O–H groups in total. The summed E-state index contributed by atoms with van der Waals surface area (Å²) < 4.78 is 23.2. The Labute approximate surface area is 211 Å². The van der Waals surface area contributed by atoms with Crippen molar-refractivity contribution < 1.29 is 18.7 Å². The number of anilines is 1. The molecule has 0 bridgehead atoms. The zero-order valence-electron chi connectivity index (χ0n) is 19.7. The fourth-order valence-electron chi connectivity index (χ4n) is 5.63. The molecular weight excluding hydrogens is 493 g/mol. The fourth-order valence-corrected chi connectivity index (χ4v) is 5.63. The summed E-state index contributed by atoms with van der Waals surface area (Å²) in [5, 5.41) is 10.3. The molecule has 0 radical (unpaired) electrons. The van der Waals surface area contributed by atoms with Crippen molar-refractivity contribution in [2.75, 3.05) is 18.0 Å². The average molecular weight is 511 g/mol. The van der Waals surface area contributed by atoms with Crippen molar-refractivity contribution in [1.29, 1.82) is 0 Å². The van der Waals surface area contributed by atoms with Crippen molar-refractivity contribution in [2.24, 2.45) is 5.73 Å². The van der Waals surface area contributed by atoms with E-state index in [4.69, 9.17) is 10.2 Å². The molecule has 1 fully saturated rings. The second-order valence-electron chi connectivity index (χ2n) is 9.65. The van der Waals surface area contributed by atoms with Crippen LogP contribution in [0.1, 0.15) is 16.8 Å². The predicted octanol–water partition coefficient (Wildman–Crippen LogP) is 3.04. The van der Waals surface area contributed by atoms with E-state index >= 15 is 4.39 Å². The molecule has 10 heteroatoms. The van der Waals surface area contributed by atoms with Crippen molar-refractivity contribution in [2.45, 2.75) is 12.5 Å². The number of nitrogens with two attached hydrogens (primary N) is 1. The number of pyridine rings is 1. The molecule has 0 aliphatic carbocycles. The molecule has 38 heavy (non-hydrogen) atoms. The number of hydrogen-bond donors (Lipinski definition) is 2. The second kappa shape index (κ2) is 7.59.